The first kappa shape index (κ1) is 17.2. The van der Waals surface area contributed by atoms with Crippen molar-refractivity contribution < 1.29 is 14.3 Å². The largest absolute Gasteiger partial charge is 0.495 e. The second kappa shape index (κ2) is 7.94. The molecule has 0 aliphatic heterocycles. The van der Waals surface area contributed by atoms with E-state index in [2.05, 4.69) is 10.6 Å². The van der Waals surface area contributed by atoms with Crippen molar-refractivity contribution in [1.82, 2.24) is 0 Å². The summed E-state index contributed by atoms with van der Waals surface area (Å²) in [5.41, 5.74) is 1.15. The second-order valence-corrected chi connectivity index (χ2v) is 5.38. The van der Waals surface area contributed by atoms with Gasteiger partial charge in [0.15, 0.2) is 0 Å². The highest BCUT2D eigenvalue weighted by Crippen LogP contribution is 2.35. The van der Waals surface area contributed by atoms with Gasteiger partial charge >= 0.3 is 0 Å². The topological polar surface area (TPSA) is 59.6 Å². The number of anilines is 2. The van der Waals surface area contributed by atoms with Crippen molar-refractivity contribution in [3.05, 3.63) is 46.4 Å². The summed E-state index contributed by atoms with van der Waals surface area (Å²) in [6.45, 7) is 0.0521. The standard InChI is InChI=1S/C16H16Cl2N2O3/c1-22-14-8-15(23-2)13(7-11(14)18)20-16(21)9-19-12-6-4-3-5-10(12)17/h3-8,19H,9H2,1-2H3,(H,20,21). The molecule has 0 radical (unpaired) electrons. The zero-order valence-electron chi connectivity index (χ0n) is 12.7. The third kappa shape index (κ3) is 4.43. The summed E-state index contributed by atoms with van der Waals surface area (Å²) >= 11 is 12.1. The van der Waals surface area contributed by atoms with Crippen molar-refractivity contribution in [2.24, 2.45) is 0 Å². The zero-order valence-corrected chi connectivity index (χ0v) is 14.2. The minimum atomic E-state index is -0.260. The maximum atomic E-state index is 12.1. The molecule has 23 heavy (non-hydrogen) atoms. The molecule has 0 spiro atoms. The van der Waals surface area contributed by atoms with E-state index < -0.39 is 0 Å². The quantitative estimate of drug-likeness (QED) is 0.820. The van der Waals surface area contributed by atoms with Gasteiger partial charge in [0.25, 0.3) is 0 Å². The van der Waals surface area contributed by atoms with Crippen LogP contribution in [0.3, 0.4) is 0 Å². The monoisotopic (exact) mass is 354 g/mol. The van der Waals surface area contributed by atoms with Crippen LogP contribution in [0.1, 0.15) is 0 Å². The number of hydrogen-bond acceptors (Lipinski definition) is 4. The van der Waals surface area contributed by atoms with Crippen LogP contribution in [0.15, 0.2) is 36.4 Å². The van der Waals surface area contributed by atoms with Gasteiger partial charge in [-0.3, -0.25) is 4.79 Å². The average molecular weight is 355 g/mol. The van der Waals surface area contributed by atoms with Crippen molar-refractivity contribution in [2.45, 2.75) is 0 Å². The van der Waals surface area contributed by atoms with Crippen molar-refractivity contribution >= 4 is 40.5 Å². The van der Waals surface area contributed by atoms with Crippen molar-refractivity contribution in [3.8, 4) is 11.5 Å². The molecule has 0 unspecified atom stereocenters. The number of carbonyl (C=O) groups excluding carboxylic acids is 1. The first-order valence-electron chi connectivity index (χ1n) is 6.75. The molecule has 0 aromatic heterocycles. The minimum absolute atomic E-state index is 0.0521. The lowest BCUT2D eigenvalue weighted by molar-refractivity contribution is -0.114. The van der Waals surface area contributed by atoms with Gasteiger partial charge in [-0.05, 0) is 18.2 Å². The Bertz CT molecular complexity index is 708. The third-order valence-corrected chi connectivity index (χ3v) is 3.69. The lowest BCUT2D eigenvalue weighted by Gasteiger charge is -2.14. The lowest BCUT2D eigenvalue weighted by Crippen LogP contribution is -2.22. The van der Waals surface area contributed by atoms with E-state index in [1.54, 1.807) is 24.3 Å². The van der Waals surface area contributed by atoms with Crippen LogP contribution in [-0.2, 0) is 4.79 Å². The normalized spacial score (nSPS) is 10.1. The average Bonchev–Trinajstić information content (AvgIpc) is 2.54. The number of rotatable bonds is 6. The first-order valence-corrected chi connectivity index (χ1v) is 7.50. The van der Waals surface area contributed by atoms with Gasteiger partial charge in [-0.15, -0.1) is 0 Å². The van der Waals surface area contributed by atoms with E-state index in [9.17, 15) is 4.79 Å². The molecule has 2 rings (SSSR count). The minimum Gasteiger partial charge on any atom is -0.495 e. The fraction of sp³-hybridized carbons (Fsp3) is 0.188. The summed E-state index contributed by atoms with van der Waals surface area (Å²) in [7, 11) is 3.01. The molecule has 2 aromatic carbocycles. The van der Waals surface area contributed by atoms with Crippen LogP contribution in [0, 0.1) is 0 Å². The van der Waals surface area contributed by atoms with Crippen LogP contribution < -0.4 is 20.1 Å². The molecule has 0 aliphatic rings. The number of hydrogen-bond donors (Lipinski definition) is 2. The molecule has 2 aromatic rings. The Kier molecular flexibility index (Phi) is 5.96. The maximum Gasteiger partial charge on any atom is 0.243 e. The van der Waals surface area contributed by atoms with E-state index in [0.717, 1.165) is 0 Å². The summed E-state index contributed by atoms with van der Waals surface area (Å²) in [6, 6.07) is 10.4. The van der Waals surface area contributed by atoms with Gasteiger partial charge in [0.05, 0.1) is 42.2 Å². The fourth-order valence-corrected chi connectivity index (χ4v) is 2.38. The van der Waals surface area contributed by atoms with E-state index >= 15 is 0 Å². The molecule has 0 saturated heterocycles. The zero-order chi connectivity index (χ0) is 16.8. The number of methoxy groups -OCH3 is 2. The third-order valence-electron chi connectivity index (χ3n) is 3.06. The van der Waals surface area contributed by atoms with Crippen LogP contribution in [0.5, 0.6) is 11.5 Å². The van der Waals surface area contributed by atoms with Gasteiger partial charge in [-0.25, -0.2) is 0 Å². The van der Waals surface area contributed by atoms with E-state index in [1.807, 2.05) is 12.1 Å². The molecule has 0 atom stereocenters. The van der Waals surface area contributed by atoms with Crippen LogP contribution in [0.2, 0.25) is 10.0 Å². The molecular weight excluding hydrogens is 339 g/mol. The van der Waals surface area contributed by atoms with Crippen molar-refractivity contribution in [2.75, 3.05) is 31.4 Å². The predicted octanol–water partition coefficient (Wildman–Crippen LogP) is 4.06. The van der Waals surface area contributed by atoms with Gasteiger partial charge in [-0.2, -0.15) is 0 Å². The molecule has 1 amide bonds. The number of nitrogens with one attached hydrogen (secondary N) is 2. The molecule has 2 N–H and O–H groups in total. The SMILES string of the molecule is COc1cc(OC)c(NC(=O)CNc2ccccc2Cl)cc1Cl. The molecule has 122 valence electrons. The van der Waals surface area contributed by atoms with E-state index in [0.29, 0.717) is 32.9 Å². The van der Waals surface area contributed by atoms with Gasteiger partial charge in [0.1, 0.15) is 11.5 Å². The Morgan fingerprint density at radius 2 is 1.70 bits per heavy atom. The van der Waals surface area contributed by atoms with Crippen molar-refractivity contribution in [1.29, 1.82) is 0 Å². The molecule has 0 fully saturated rings. The number of halogens is 2. The molecule has 0 aliphatic carbocycles. The Morgan fingerprint density at radius 3 is 2.35 bits per heavy atom. The second-order valence-electron chi connectivity index (χ2n) is 4.57. The molecule has 0 bridgehead atoms. The van der Waals surface area contributed by atoms with Gasteiger partial charge in [0, 0.05) is 6.07 Å². The first-order chi connectivity index (χ1) is 11.0. The van der Waals surface area contributed by atoms with Crippen LogP contribution in [0.25, 0.3) is 0 Å². The molecule has 0 saturated carbocycles. The van der Waals surface area contributed by atoms with Gasteiger partial charge in [-0.1, -0.05) is 35.3 Å². The Balaban J connectivity index is 2.05. The summed E-state index contributed by atoms with van der Waals surface area (Å²) < 4.78 is 10.3. The van der Waals surface area contributed by atoms with Gasteiger partial charge in [0.2, 0.25) is 5.91 Å². The molecule has 0 heterocycles. The Hall–Kier alpha value is -2.11. The lowest BCUT2D eigenvalue weighted by atomic mass is 10.2. The highest BCUT2D eigenvalue weighted by atomic mass is 35.5. The van der Waals surface area contributed by atoms with Crippen LogP contribution in [0.4, 0.5) is 11.4 Å². The summed E-state index contributed by atoms with van der Waals surface area (Å²) in [5.74, 6) is 0.664. The van der Waals surface area contributed by atoms with E-state index in [-0.39, 0.29) is 12.5 Å². The van der Waals surface area contributed by atoms with Crippen LogP contribution >= 0.6 is 23.2 Å². The smallest absolute Gasteiger partial charge is 0.243 e. The highest BCUT2D eigenvalue weighted by Gasteiger charge is 2.12. The number of amides is 1. The maximum absolute atomic E-state index is 12.1. The number of benzene rings is 2. The molecule has 7 heteroatoms. The summed E-state index contributed by atoms with van der Waals surface area (Å²) in [5, 5.41) is 6.62. The van der Waals surface area contributed by atoms with E-state index in [4.69, 9.17) is 32.7 Å². The highest BCUT2D eigenvalue weighted by molar-refractivity contribution is 6.33. The fourth-order valence-electron chi connectivity index (χ4n) is 1.93. The predicted molar refractivity (Wildman–Crippen MR) is 93.1 cm³/mol. The van der Waals surface area contributed by atoms with Crippen LogP contribution in [-0.4, -0.2) is 26.7 Å². The number of para-hydroxylation sites is 1. The van der Waals surface area contributed by atoms with Gasteiger partial charge < -0.3 is 20.1 Å². The Labute approximate surface area is 144 Å². The molecule has 5 nitrogen and oxygen atoms in total. The van der Waals surface area contributed by atoms with Crippen molar-refractivity contribution in [3.63, 3.8) is 0 Å². The molecular formula is C16H16Cl2N2O3. The Morgan fingerprint density at radius 1 is 1.00 bits per heavy atom. The number of ether oxygens (including phenoxy) is 2. The van der Waals surface area contributed by atoms with E-state index in [1.165, 1.54) is 14.2 Å². The summed E-state index contributed by atoms with van der Waals surface area (Å²) in [6.07, 6.45) is 0. The summed E-state index contributed by atoms with van der Waals surface area (Å²) in [4.78, 5) is 12.1. The number of carbonyl (C=O) groups is 1.